The van der Waals surface area contributed by atoms with Gasteiger partial charge in [-0.25, -0.2) is 4.98 Å². The molecule has 152 valence electrons. The molecular weight excluding hydrogens is 372 g/mol. The van der Waals surface area contributed by atoms with Gasteiger partial charge in [0.15, 0.2) is 0 Å². The van der Waals surface area contributed by atoms with Crippen LogP contribution in [0.4, 0.5) is 0 Å². The summed E-state index contributed by atoms with van der Waals surface area (Å²) in [6.07, 6.45) is 7.10. The first-order valence-electron chi connectivity index (χ1n) is 9.55. The molecule has 0 saturated carbocycles. The average molecular weight is 403 g/mol. The van der Waals surface area contributed by atoms with Crippen LogP contribution in [-0.4, -0.2) is 31.0 Å². The number of ether oxygens (including phenoxy) is 2. The Labute approximate surface area is 172 Å². The van der Waals surface area contributed by atoms with Crippen molar-refractivity contribution in [2.24, 2.45) is 5.16 Å². The largest absolute Gasteiger partial charge is 0.490 e. The van der Waals surface area contributed by atoms with Crippen LogP contribution in [0.15, 0.2) is 34.8 Å². The molecule has 28 heavy (non-hydrogen) atoms. The molecule has 0 saturated heterocycles. The number of unbranched alkanes of at least 4 members (excludes halogenated alkanes) is 1. The van der Waals surface area contributed by atoms with Gasteiger partial charge >= 0.3 is 0 Å². The van der Waals surface area contributed by atoms with Crippen molar-refractivity contribution < 1.29 is 14.3 Å². The van der Waals surface area contributed by atoms with Gasteiger partial charge in [-0.3, -0.25) is 0 Å². The molecule has 0 fully saturated rings. The quantitative estimate of drug-likeness (QED) is 0.216. The molecule has 0 spiro atoms. The third-order valence-electron chi connectivity index (χ3n) is 4.38. The zero-order chi connectivity index (χ0) is 20.4. The second-order valence-corrected chi connectivity index (χ2v) is 7.40. The van der Waals surface area contributed by atoms with Crippen molar-refractivity contribution in [3.63, 3.8) is 0 Å². The van der Waals surface area contributed by atoms with Gasteiger partial charge in [-0.15, -0.1) is 0 Å². The SMILES string of the molecule is C/C=C/COc1cc(C)c(CCCCOc2nc(C(C)=NOC)cs2)c(C)c1. The van der Waals surface area contributed by atoms with Crippen LogP contribution in [0, 0.1) is 13.8 Å². The summed E-state index contributed by atoms with van der Waals surface area (Å²) in [5.41, 5.74) is 5.52. The summed E-state index contributed by atoms with van der Waals surface area (Å²) in [5.74, 6) is 0.937. The summed E-state index contributed by atoms with van der Waals surface area (Å²) < 4.78 is 11.5. The molecule has 6 heteroatoms. The number of oxime groups is 1. The monoisotopic (exact) mass is 402 g/mol. The lowest BCUT2D eigenvalue weighted by atomic mass is 9.97. The first-order chi connectivity index (χ1) is 13.5. The number of benzene rings is 1. The van der Waals surface area contributed by atoms with E-state index in [1.54, 1.807) is 0 Å². The van der Waals surface area contributed by atoms with Crippen molar-refractivity contribution in [2.45, 2.75) is 47.0 Å². The number of aryl methyl sites for hydroxylation is 2. The minimum atomic E-state index is 0.612. The lowest BCUT2D eigenvalue weighted by Gasteiger charge is -2.13. The van der Waals surface area contributed by atoms with Gasteiger partial charge in [-0.05, 0) is 75.8 Å². The lowest BCUT2D eigenvalue weighted by molar-refractivity contribution is 0.213. The highest BCUT2D eigenvalue weighted by Crippen LogP contribution is 2.24. The van der Waals surface area contributed by atoms with Crippen LogP contribution >= 0.6 is 11.3 Å². The maximum absolute atomic E-state index is 5.77. The van der Waals surface area contributed by atoms with Gasteiger partial charge in [0.1, 0.15) is 30.9 Å². The molecule has 1 heterocycles. The first kappa shape index (κ1) is 22.0. The predicted octanol–water partition coefficient (Wildman–Crippen LogP) is 5.49. The van der Waals surface area contributed by atoms with Crippen molar-refractivity contribution >= 4 is 17.0 Å². The predicted molar refractivity (Wildman–Crippen MR) is 116 cm³/mol. The van der Waals surface area contributed by atoms with Crippen LogP contribution in [0.5, 0.6) is 10.9 Å². The molecule has 0 amide bonds. The van der Waals surface area contributed by atoms with E-state index in [0.29, 0.717) is 18.4 Å². The van der Waals surface area contributed by atoms with Crippen molar-refractivity contribution in [3.8, 4) is 10.9 Å². The van der Waals surface area contributed by atoms with Crippen molar-refractivity contribution in [1.29, 1.82) is 0 Å². The van der Waals surface area contributed by atoms with Crippen LogP contribution in [0.1, 0.15) is 49.1 Å². The van der Waals surface area contributed by atoms with E-state index in [4.69, 9.17) is 14.3 Å². The number of thiazole rings is 1. The molecule has 0 aliphatic rings. The number of rotatable bonds is 11. The van der Waals surface area contributed by atoms with Crippen LogP contribution < -0.4 is 9.47 Å². The highest BCUT2D eigenvalue weighted by atomic mass is 32.1. The summed E-state index contributed by atoms with van der Waals surface area (Å²) in [6.45, 7) is 9.45. The lowest BCUT2D eigenvalue weighted by Crippen LogP contribution is -2.02. The molecule has 0 atom stereocenters. The van der Waals surface area contributed by atoms with Gasteiger partial charge in [-0.1, -0.05) is 28.6 Å². The normalized spacial score (nSPS) is 11.8. The second kappa shape index (κ2) is 11.5. The maximum atomic E-state index is 5.77. The molecule has 0 unspecified atom stereocenters. The Hall–Kier alpha value is -2.34. The minimum Gasteiger partial charge on any atom is -0.490 e. The summed E-state index contributed by atoms with van der Waals surface area (Å²) in [7, 11) is 1.53. The smallest absolute Gasteiger partial charge is 0.273 e. The van der Waals surface area contributed by atoms with E-state index in [2.05, 4.69) is 36.1 Å². The fourth-order valence-electron chi connectivity index (χ4n) is 2.91. The van der Waals surface area contributed by atoms with Crippen molar-refractivity contribution in [3.05, 3.63) is 52.0 Å². The highest BCUT2D eigenvalue weighted by Gasteiger charge is 2.08. The Balaban J connectivity index is 1.78. The topological polar surface area (TPSA) is 52.9 Å². The maximum Gasteiger partial charge on any atom is 0.273 e. The van der Waals surface area contributed by atoms with Gasteiger partial charge in [0, 0.05) is 5.38 Å². The molecule has 0 N–H and O–H groups in total. The summed E-state index contributed by atoms with van der Waals surface area (Å²) in [6, 6.07) is 4.26. The zero-order valence-electron chi connectivity index (χ0n) is 17.4. The molecular formula is C22H30N2O3S. The Morgan fingerprint density at radius 1 is 1.18 bits per heavy atom. The third-order valence-corrected chi connectivity index (χ3v) is 5.13. The Morgan fingerprint density at radius 3 is 2.61 bits per heavy atom. The number of nitrogens with zero attached hydrogens (tertiary/aromatic N) is 2. The summed E-state index contributed by atoms with van der Waals surface area (Å²) in [4.78, 5) is 9.19. The van der Waals surface area contributed by atoms with Crippen molar-refractivity contribution in [1.82, 2.24) is 4.98 Å². The molecule has 2 rings (SSSR count). The molecule has 0 radical (unpaired) electrons. The number of allylic oxidation sites excluding steroid dienone is 1. The Morgan fingerprint density at radius 2 is 1.93 bits per heavy atom. The fourth-order valence-corrected chi connectivity index (χ4v) is 3.65. The Kier molecular flexibility index (Phi) is 9.01. The van der Waals surface area contributed by atoms with Crippen LogP contribution in [0.3, 0.4) is 0 Å². The number of hydrogen-bond acceptors (Lipinski definition) is 6. The fraction of sp³-hybridized carbons (Fsp3) is 0.455. The molecule has 1 aromatic carbocycles. The van der Waals surface area contributed by atoms with E-state index in [-0.39, 0.29) is 0 Å². The van der Waals surface area contributed by atoms with Crippen LogP contribution in [0.2, 0.25) is 0 Å². The van der Waals surface area contributed by atoms with Gasteiger partial charge in [0.05, 0.1) is 6.61 Å². The molecule has 1 aromatic heterocycles. The van der Waals surface area contributed by atoms with Crippen molar-refractivity contribution in [2.75, 3.05) is 20.3 Å². The van der Waals surface area contributed by atoms with Crippen LogP contribution in [0.25, 0.3) is 0 Å². The van der Waals surface area contributed by atoms with Gasteiger partial charge in [-0.2, -0.15) is 0 Å². The minimum absolute atomic E-state index is 0.612. The molecule has 2 aromatic rings. The first-order valence-corrected chi connectivity index (χ1v) is 10.4. The zero-order valence-corrected chi connectivity index (χ0v) is 18.3. The van der Waals surface area contributed by atoms with E-state index >= 15 is 0 Å². The van der Waals surface area contributed by atoms with E-state index in [0.717, 1.165) is 36.4 Å². The molecule has 0 aliphatic carbocycles. The summed E-state index contributed by atoms with van der Waals surface area (Å²) in [5, 5.41) is 6.49. The highest BCUT2D eigenvalue weighted by molar-refractivity contribution is 7.11. The third kappa shape index (κ3) is 6.68. The van der Waals surface area contributed by atoms with E-state index in [1.165, 1.54) is 35.1 Å². The van der Waals surface area contributed by atoms with E-state index < -0.39 is 0 Å². The van der Waals surface area contributed by atoms with Gasteiger partial charge in [0.25, 0.3) is 5.19 Å². The number of hydrogen-bond donors (Lipinski definition) is 0. The Bertz CT molecular complexity index is 789. The van der Waals surface area contributed by atoms with E-state index in [9.17, 15) is 0 Å². The van der Waals surface area contributed by atoms with Gasteiger partial charge < -0.3 is 14.3 Å². The molecule has 5 nitrogen and oxygen atoms in total. The van der Waals surface area contributed by atoms with Crippen LogP contribution in [-0.2, 0) is 11.3 Å². The summed E-state index contributed by atoms with van der Waals surface area (Å²) >= 11 is 1.48. The van der Waals surface area contributed by atoms with Gasteiger partial charge in [0.2, 0.25) is 0 Å². The molecule has 0 aliphatic heterocycles. The second-order valence-electron chi connectivity index (χ2n) is 6.58. The number of aromatic nitrogens is 1. The average Bonchev–Trinajstić information content (AvgIpc) is 3.13. The standard InChI is InChI=1S/C22H30N2O3S/c1-6-7-11-26-19-13-16(2)20(17(3)14-19)10-8-9-12-27-22-23-21(15-28-22)18(4)24-25-5/h6-7,13-15H,8-12H2,1-5H3/b7-6+,24-18?. The molecule has 0 bridgehead atoms. The van der Waals surface area contributed by atoms with E-state index in [1.807, 2.05) is 31.4 Å².